The minimum Gasteiger partial charge on any atom is -0.384 e. The standard InChI is InChI=1S/C13H21N3O2/c1-9-12(10(2)15-14-9)13(17)16-6-4-11(5-7-16)8-18-3/h11H,4-8H2,1-3H3,(H,14,15). The molecule has 5 nitrogen and oxygen atoms in total. The van der Waals surface area contributed by atoms with Crippen molar-refractivity contribution in [1.82, 2.24) is 15.1 Å². The van der Waals surface area contributed by atoms with Gasteiger partial charge in [-0.25, -0.2) is 0 Å². The van der Waals surface area contributed by atoms with Crippen molar-refractivity contribution in [2.45, 2.75) is 26.7 Å². The van der Waals surface area contributed by atoms with Gasteiger partial charge in [-0.2, -0.15) is 5.10 Å². The number of rotatable bonds is 3. The van der Waals surface area contributed by atoms with Crippen molar-refractivity contribution in [2.75, 3.05) is 26.8 Å². The minimum absolute atomic E-state index is 0.106. The lowest BCUT2D eigenvalue weighted by molar-refractivity contribution is 0.0612. The summed E-state index contributed by atoms with van der Waals surface area (Å²) in [4.78, 5) is 14.3. The van der Waals surface area contributed by atoms with E-state index in [4.69, 9.17) is 4.74 Å². The first-order chi connectivity index (χ1) is 8.63. The zero-order chi connectivity index (χ0) is 13.1. The Balaban J connectivity index is 2.00. The van der Waals surface area contributed by atoms with Crippen LogP contribution in [0.25, 0.3) is 0 Å². The quantitative estimate of drug-likeness (QED) is 0.886. The van der Waals surface area contributed by atoms with Crippen LogP contribution < -0.4 is 0 Å². The number of H-pyrrole nitrogens is 1. The molecule has 0 atom stereocenters. The molecule has 0 unspecified atom stereocenters. The lowest BCUT2D eigenvalue weighted by atomic mass is 9.97. The predicted octanol–water partition coefficient (Wildman–Crippen LogP) is 1.53. The van der Waals surface area contributed by atoms with E-state index in [1.807, 2.05) is 18.7 Å². The molecule has 1 aromatic rings. The number of aromatic amines is 1. The number of aryl methyl sites for hydroxylation is 2. The molecular formula is C13H21N3O2. The first kappa shape index (κ1) is 13.1. The number of likely N-dealkylation sites (tertiary alicyclic amines) is 1. The molecule has 1 amide bonds. The summed E-state index contributed by atoms with van der Waals surface area (Å²) in [5, 5.41) is 6.95. The van der Waals surface area contributed by atoms with Crippen LogP contribution in [-0.2, 0) is 4.74 Å². The van der Waals surface area contributed by atoms with Crippen LogP contribution in [0.2, 0.25) is 0 Å². The second-order valence-corrected chi connectivity index (χ2v) is 5.00. The van der Waals surface area contributed by atoms with Crippen LogP contribution in [0.5, 0.6) is 0 Å². The fraction of sp³-hybridized carbons (Fsp3) is 0.692. The van der Waals surface area contributed by atoms with Crippen molar-refractivity contribution in [3.8, 4) is 0 Å². The van der Waals surface area contributed by atoms with Gasteiger partial charge in [-0.1, -0.05) is 0 Å². The Labute approximate surface area is 108 Å². The van der Waals surface area contributed by atoms with E-state index in [2.05, 4.69) is 10.2 Å². The number of ether oxygens (including phenoxy) is 1. The Morgan fingerprint density at radius 3 is 2.61 bits per heavy atom. The number of carbonyl (C=O) groups is 1. The molecule has 2 heterocycles. The van der Waals surface area contributed by atoms with Gasteiger partial charge in [0.05, 0.1) is 11.3 Å². The number of aromatic nitrogens is 2. The largest absolute Gasteiger partial charge is 0.384 e. The molecule has 1 aliphatic rings. The average molecular weight is 251 g/mol. The second kappa shape index (κ2) is 5.52. The van der Waals surface area contributed by atoms with Crippen LogP contribution >= 0.6 is 0 Å². The highest BCUT2D eigenvalue weighted by Crippen LogP contribution is 2.20. The van der Waals surface area contributed by atoms with E-state index < -0.39 is 0 Å². The Morgan fingerprint density at radius 2 is 2.11 bits per heavy atom. The van der Waals surface area contributed by atoms with Crippen LogP contribution in [0.15, 0.2) is 0 Å². The summed E-state index contributed by atoms with van der Waals surface area (Å²) >= 11 is 0. The van der Waals surface area contributed by atoms with Gasteiger partial charge in [0.1, 0.15) is 0 Å². The lowest BCUT2D eigenvalue weighted by Gasteiger charge is -2.31. The van der Waals surface area contributed by atoms with E-state index in [0.29, 0.717) is 5.92 Å². The van der Waals surface area contributed by atoms with Crippen molar-refractivity contribution in [3.05, 3.63) is 17.0 Å². The predicted molar refractivity (Wildman–Crippen MR) is 68.6 cm³/mol. The van der Waals surface area contributed by atoms with Crippen molar-refractivity contribution in [2.24, 2.45) is 5.92 Å². The number of nitrogens with zero attached hydrogens (tertiary/aromatic N) is 2. The van der Waals surface area contributed by atoms with E-state index >= 15 is 0 Å². The Hall–Kier alpha value is -1.36. The molecule has 0 radical (unpaired) electrons. The van der Waals surface area contributed by atoms with E-state index in [1.54, 1.807) is 7.11 Å². The second-order valence-electron chi connectivity index (χ2n) is 5.00. The zero-order valence-corrected chi connectivity index (χ0v) is 11.3. The molecule has 0 aromatic carbocycles. The Bertz CT molecular complexity index is 400. The fourth-order valence-electron chi connectivity index (χ4n) is 2.56. The minimum atomic E-state index is 0.106. The molecule has 18 heavy (non-hydrogen) atoms. The van der Waals surface area contributed by atoms with Crippen LogP contribution in [0.4, 0.5) is 0 Å². The molecule has 1 aliphatic heterocycles. The summed E-state index contributed by atoms with van der Waals surface area (Å²) in [6, 6.07) is 0. The molecule has 1 aromatic heterocycles. The van der Waals surface area contributed by atoms with Crippen molar-refractivity contribution < 1.29 is 9.53 Å². The summed E-state index contributed by atoms with van der Waals surface area (Å²) in [6.07, 6.45) is 2.05. The maximum absolute atomic E-state index is 12.4. The van der Waals surface area contributed by atoms with Gasteiger partial charge in [0.15, 0.2) is 0 Å². The highest BCUT2D eigenvalue weighted by Gasteiger charge is 2.26. The summed E-state index contributed by atoms with van der Waals surface area (Å²) in [5.41, 5.74) is 2.38. The zero-order valence-electron chi connectivity index (χ0n) is 11.3. The van der Waals surface area contributed by atoms with Gasteiger partial charge in [0.25, 0.3) is 5.91 Å². The summed E-state index contributed by atoms with van der Waals surface area (Å²) in [5.74, 6) is 0.695. The molecule has 1 saturated heterocycles. The monoisotopic (exact) mass is 251 g/mol. The lowest BCUT2D eigenvalue weighted by Crippen LogP contribution is -2.39. The van der Waals surface area contributed by atoms with E-state index in [-0.39, 0.29) is 5.91 Å². The molecule has 100 valence electrons. The summed E-state index contributed by atoms with van der Waals surface area (Å²) < 4.78 is 5.17. The van der Waals surface area contributed by atoms with Gasteiger partial charge < -0.3 is 9.64 Å². The van der Waals surface area contributed by atoms with Gasteiger partial charge in [-0.3, -0.25) is 9.89 Å². The maximum Gasteiger partial charge on any atom is 0.257 e. The third-order valence-electron chi connectivity index (χ3n) is 3.65. The highest BCUT2D eigenvalue weighted by atomic mass is 16.5. The topological polar surface area (TPSA) is 58.2 Å². The number of amides is 1. The summed E-state index contributed by atoms with van der Waals surface area (Å²) in [6.45, 7) is 6.19. The van der Waals surface area contributed by atoms with Crippen LogP contribution in [0.3, 0.4) is 0 Å². The first-order valence-electron chi connectivity index (χ1n) is 6.43. The van der Waals surface area contributed by atoms with Crippen LogP contribution in [0, 0.1) is 19.8 Å². The molecular weight excluding hydrogens is 230 g/mol. The highest BCUT2D eigenvalue weighted by molar-refractivity contribution is 5.96. The number of nitrogens with one attached hydrogen (secondary N) is 1. The first-order valence-corrected chi connectivity index (χ1v) is 6.43. The molecule has 1 fully saturated rings. The van der Waals surface area contributed by atoms with E-state index in [9.17, 15) is 4.79 Å². The van der Waals surface area contributed by atoms with Gasteiger partial charge in [0.2, 0.25) is 0 Å². The summed E-state index contributed by atoms with van der Waals surface area (Å²) in [7, 11) is 1.73. The smallest absolute Gasteiger partial charge is 0.257 e. The molecule has 5 heteroatoms. The molecule has 2 rings (SSSR count). The molecule has 1 N–H and O–H groups in total. The Morgan fingerprint density at radius 1 is 1.44 bits per heavy atom. The Kier molecular flexibility index (Phi) is 4.01. The van der Waals surface area contributed by atoms with Crippen LogP contribution in [0.1, 0.15) is 34.6 Å². The normalized spacial score (nSPS) is 17.2. The number of piperidine rings is 1. The number of carbonyl (C=O) groups excluding carboxylic acids is 1. The van der Waals surface area contributed by atoms with Gasteiger partial charge in [0, 0.05) is 32.5 Å². The van der Waals surface area contributed by atoms with Gasteiger partial charge in [-0.05, 0) is 32.6 Å². The molecule has 0 bridgehead atoms. The van der Waals surface area contributed by atoms with E-state index in [1.165, 1.54) is 0 Å². The number of methoxy groups -OCH3 is 1. The fourth-order valence-corrected chi connectivity index (χ4v) is 2.56. The van der Waals surface area contributed by atoms with Gasteiger partial charge >= 0.3 is 0 Å². The third-order valence-corrected chi connectivity index (χ3v) is 3.65. The number of hydrogen-bond donors (Lipinski definition) is 1. The average Bonchev–Trinajstić information content (AvgIpc) is 2.70. The molecule has 0 spiro atoms. The third kappa shape index (κ3) is 2.56. The van der Waals surface area contributed by atoms with Gasteiger partial charge in [-0.15, -0.1) is 0 Å². The SMILES string of the molecule is COCC1CCN(C(=O)c2c(C)n[nH]c2C)CC1. The molecule has 0 saturated carbocycles. The maximum atomic E-state index is 12.4. The van der Waals surface area contributed by atoms with Crippen molar-refractivity contribution in [3.63, 3.8) is 0 Å². The van der Waals surface area contributed by atoms with Crippen molar-refractivity contribution in [1.29, 1.82) is 0 Å². The number of hydrogen-bond acceptors (Lipinski definition) is 3. The molecule has 0 aliphatic carbocycles. The van der Waals surface area contributed by atoms with Crippen molar-refractivity contribution >= 4 is 5.91 Å². The van der Waals surface area contributed by atoms with E-state index in [0.717, 1.165) is 49.5 Å². The van der Waals surface area contributed by atoms with Crippen LogP contribution in [-0.4, -0.2) is 47.8 Å².